The second-order valence-corrected chi connectivity index (χ2v) is 9.85. The molecule has 4 nitrogen and oxygen atoms in total. The normalized spacial score (nSPS) is 11.6. The van der Waals surface area contributed by atoms with E-state index in [4.69, 9.17) is 17.2 Å². The molecule has 5 rings (SSSR count). The number of aryl methyl sites for hydroxylation is 2. The number of rotatable bonds is 4. The molecule has 1 aliphatic carbocycles. The fourth-order valence-electron chi connectivity index (χ4n) is 4.06. The first-order chi connectivity index (χ1) is 16.5. The van der Waals surface area contributed by atoms with Crippen molar-refractivity contribution in [2.75, 3.05) is 28.3 Å². The number of benzene rings is 4. The van der Waals surface area contributed by atoms with E-state index in [1.807, 2.05) is 30.3 Å². The van der Waals surface area contributed by atoms with Crippen molar-refractivity contribution in [1.82, 2.24) is 0 Å². The van der Waals surface area contributed by atoms with Crippen LogP contribution in [-0.2, 0) is 12.8 Å². The summed E-state index contributed by atoms with van der Waals surface area (Å²) >= 11 is 6.25. The van der Waals surface area contributed by atoms with Gasteiger partial charge in [0.25, 0.3) is 0 Å². The largest absolute Gasteiger partial charge is 0.399 e. The second kappa shape index (κ2) is 10.8. The van der Waals surface area contributed by atoms with Crippen LogP contribution in [0.5, 0.6) is 0 Å². The lowest BCUT2D eigenvalue weighted by Crippen LogP contribution is -2.03. The van der Waals surface area contributed by atoms with Crippen molar-refractivity contribution in [1.29, 1.82) is 0 Å². The van der Waals surface area contributed by atoms with Crippen molar-refractivity contribution in [2.45, 2.75) is 29.6 Å². The van der Waals surface area contributed by atoms with Crippen LogP contribution in [-0.4, -0.2) is 5.75 Å². The lowest BCUT2D eigenvalue weighted by molar-refractivity contribution is 0.942. The molecular weight excluding hydrogens is 456 g/mol. The zero-order chi connectivity index (χ0) is 24.1. The highest BCUT2D eigenvalue weighted by Gasteiger charge is 2.14. The lowest BCUT2D eigenvalue weighted by Gasteiger charge is -2.19. The van der Waals surface area contributed by atoms with Gasteiger partial charge in [0, 0.05) is 21.2 Å². The summed E-state index contributed by atoms with van der Waals surface area (Å²) in [4.78, 5) is 1.82. The molecule has 0 heterocycles. The lowest BCUT2D eigenvalue weighted by atomic mass is 9.86. The fourth-order valence-corrected chi connectivity index (χ4v) is 5.25. The molecule has 1 aliphatic rings. The predicted octanol–water partition coefficient (Wildman–Crippen LogP) is 7.03. The van der Waals surface area contributed by atoms with Crippen molar-refractivity contribution in [3.8, 4) is 11.1 Å². The molecule has 34 heavy (non-hydrogen) atoms. The summed E-state index contributed by atoms with van der Waals surface area (Å²) in [6.07, 6.45) is 2.38. The summed E-state index contributed by atoms with van der Waals surface area (Å²) in [5, 5.41) is 3.26. The van der Waals surface area contributed by atoms with E-state index < -0.39 is 0 Å². The standard InChI is InChI=1S/C14H18N4S2.C14H12/c1-2-20-11-7-10(16)12(17)13(14(11)19)18-9-5-3-8(15)4-6-9;1-3-7-13-11(5-1)9-10-12-6-2-4-8-14(12)13/h3-7,18-19H,2,15-17H2,1H3;1-8H,9-10H2. The number of thiol groups is 1. The van der Waals surface area contributed by atoms with Gasteiger partial charge in [-0.15, -0.1) is 24.4 Å². The summed E-state index contributed by atoms with van der Waals surface area (Å²) in [5.74, 6) is 0.943. The van der Waals surface area contributed by atoms with Gasteiger partial charge in [0.1, 0.15) is 0 Å². The van der Waals surface area contributed by atoms with E-state index >= 15 is 0 Å². The molecule has 0 bridgehead atoms. The van der Waals surface area contributed by atoms with E-state index in [1.54, 1.807) is 11.8 Å². The Morgan fingerprint density at radius 2 is 1.38 bits per heavy atom. The fraction of sp³-hybridized carbons (Fsp3) is 0.143. The maximum Gasteiger partial charge on any atom is 0.0799 e. The molecule has 7 N–H and O–H groups in total. The Balaban J connectivity index is 0.000000170. The third-order valence-electron chi connectivity index (χ3n) is 5.81. The summed E-state index contributed by atoms with van der Waals surface area (Å²) in [6.45, 7) is 2.08. The average Bonchev–Trinajstić information content (AvgIpc) is 2.87. The number of nitrogen functional groups attached to an aromatic ring is 3. The van der Waals surface area contributed by atoms with Crippen LogP contribution in [0, 0.1) is 0 Å². The Labute approximate surface area is 211 Å². The minimum absolute atomic E-state index is 0.507. The van der Waals surface area contributed by atoms with Gasteiger partial charge in [0.05, 0.1) is 17.1 Å². The molecule has 0 radical (unpaired) electrons. The Bertz CT molecular complexity index is 1240. The van der Waals surface area contributed by atoms with Gasteiger partial charge < -0.3 is 22.5 Å². The topological polar surface area (TPSA) is 90.1 Å². The zero-order valence-electron chi connectivity index (χ0n) is 19.2. The first-order valence-corrected chi connectivity index (χ1v) is 12.7. The number of fused-ring (bicyclic) bond motifs is 3. The average molecular weight is 487 g/mol. The SMILES string of the molecule is CCSc1cc(N)c(N)c(Nc2ccc(N)cc2)c1S.c1ccc2c(c1)CCc1ccccc1-2. The maximum atomic E-state index is 6.06. The molecule has 0 aromatic heterocycles. The minimum Gasteiger partial charge on any atom is -0.399 e. The first-order valence-electron chi connectivity index (χ1n) is 11.3. The van der Waals surface area contributed by atoms with Gasteiger partial charge in [-0.2, -0.15) is 0 Å². The monoisotopic (exact) mass is 486 g/mol. The van der Waals surface area contributed by atoms with E-state index in [0.29, 0.717) is 17.1 Å². The molecule has 0 amide bonds. The Hall–Kier alpha value is -3.22. The highest BCUT2D eigenvalue weighted by molar-refractivity contribution is 7.99. The smallest absolute Gasteiger partial charge is 0.0799 e. The highest BCUT2D eigenvalue weighted by atomic mass is 32.2. The first kappa shape index (κ1) is 23.9. The van der Waals surface area contributed by atoms with Crippen LogP contribution in [0.3, 0.4) is 0 Å². The van der Waals surface area contributed by atoms with Crippen LogP contribution in [0.2, 0.25) is 0 Å². The molecule has 4 aromatic carbocycles. The quantitative estimate of drug-likeness (QED) is 0.121. The molecule has 0 saturated heterocycles. The van der Waals surface area contributed by atoms with Crippen molar-refractivity contribution >= 4 is 52.8 Å². The summed E-state index contributed by atoms with van der Waals surface area (Å²) in [6, 6.07) is 26.7. The Morgan fingerprint density at radius 1 is 0.824 bits per heavy atom. The van der Waals surface area contributed by atoms with Gasteiger partial charge >= 0.3 is 0 Å². The van der Waals surface area contributed by atoms with E-state index in [-0.39, 0.29) is 0 Å². The van der Waals surface area contributed by atoms with Crippen LogP contribution in [0.4, 0.5) is 28.4 Å². The Kier molecular flexibility index (Phi) is 7.60. The number of hydrogen-bond acceptors (Lipinski definition) is 6. The molecule has 0 aliphatic heterocycles. The minimum atomic E-state index is 0.507. The van der Waals surface area contributed by atoms with E-state index in [0.717, 1.165) is 26.9 Å². The summed E-state index contributed by atoms with van der Waals surface area (Å²) < 4.78 is 0. The highest BCUT2D eigenvalue weighted by Crippen LogP contribution is 2.41. The predicted molar refractivity (Wildman–Crippen MR) is 152 cm³/mol. The third-order valence-corrected chi connectivity index (χ3v) is 7.34. The van der Waals surface area contributed by atoms with Crippen LogP contribution in [0.1, 0.15) is 18.1 Å². The van der Waals surface area contributed by atoms with Gasteiger partial charge in [0.15, 0.2) is 0 Å². The molecule has 0 saturated carbocycles. The molecule has 0 fully saturated rings. The number of anilines is 5. The number of nitrogens with two attached hydrogens (primary N) is 3. The number of hydrogen-bond donors (Lipinski definition) is 5. The number of nitrogens with one attached hydrogen (secondary N) is 1. The van der Waals surface area contributed by atoms with Crippen LogP contribution >= 0.6 is 24.4 Å². The van der Waals surface area contributed by atoms with Crippen molar-refractivity contribution in [2.24, 2.45) is 0 Å². The number of thioether (sulfide) groups is 1. The van der Waals surface area contributed by atoms with E-state index in [1.165, 1.54) is 35.1 Å². The van der Waals surface area contributed by atoms with E-state index in [2.05, 4.69) is 73.4 Å². The van der Waals surface area contributed by atoms with Crippen LogP contribution in [0.25, 0.3) is 11.1 Å². The van der Waals surface area contributed by atoms with Crippen LogP contribution in [0.15, 0.2) is 88.7 Å². The van der Waals surface area contributed by atoms with Crippen LogP contribution < -0.4 is 22.5 Å². The Morgan fingerprint density at radius 3 is 1.94 bits per heavy atom. The molecule has 0 unspecified atom stereocenters. The molecule has 174 valence electrons. The molecule has 6 heteroatoms. The van der Waals surface area contributed by atoms with Gasteiger partial charge in [-0.3, -0.25) is 0 Å². The second-order valence-electron chi connectivity index (χ2n) is 8.10. The zero-order valence-corrected chi connectivity index (χ0v) is 20.9. The molecule has 0 spiro atoms. The maximum absolute atomic E-state index is 6.06. The molecular formula is C28H30N4S2. The van der Waals surface area contributed by atoms with Gasteiger partial charge in [0.2, 0.25) is 0 Å². The molecule has 0 atom stereocenters. The van der Waals surface area contributed by atoms with Gasteiger partial charge in [-0.1, -0.05) is 55.5 Å². The third kappa shape index (κ3) is 5.29. The van der Waals surface area contributed by atoms with Gasteiger partial charge in [-0.05, 0) is 71.2 Å². The van der Waals surface area contributed by atoms with Gasteiger partial charge in [-0.25, -0.2) is 0 Å². The molecule has 4 aromatic rings. The van der Waals surface area contributed by atoms with E-state index in [9.17, 15) is 0 Å². The van der Waals surface area contributed by atoms with Crippen molar-refractivity contribution in [3.05, 3.63) is 90.0 Å². The van der Waals surface area contributed by atoms with Crippen molar-refractivity contribution in [3.63, 3.8) is 0 Å². The summed E-state index contributed by atoms with van der Waals surface area (Å²) in [7, 11) is 0. The van der Waals surface area contributed by atoms with Crippen molar-refractivity contribution < 1.29 is 0 Å². The summed E-state index contributed by atoms with van der Waals surface area (Å²) in [5.41, 5.74) is 26.9.